The van der Waals surface area contributed by atoms with Crippen molar-refractivity contribution in [3.05, 3.63) is 76.9 Å². The molecule has 0 aliphatic carbocycles. The number of carbonyl (C=O) groups excluding carboxylic acids is 1. The predicted octanol–water partition coefficient (Wildman–Crippen LogP) is 4.18. The van der Waals surface area contributed by atoms with Crippen LogP contribution in [0.2, 0.25) is 0 Å². The summed E-state index contributed by atoms with van der Waals surface area (Å²) < 4.78 is 31.2. The van der Waals surface area contributed by atoms with Crippen LogP contribution in [0.4, 0.5) is 14.5 Å². The van der Waals surface area contributed by atoms with E-state index in [0.717, 1.165) is 11.1 Å². The third-order valence-electron chi connectivity index (χ3n) is 5.44. The van der Waals surface area contributed by atoms with E-state index in [1.807, 2.05) is 19.1 Å². The van der Waals surface area contributed by atoms with Crippen LogP contribution in [0, 0.1) is 6.92 Å². The molecule has 0 fully saturated rings. The molecule has 0 saturated carbocycles. The first-order chi connectivity index (χ1) is 13.3. The standard InChI is InChI=1S/C21H20F2N4O/c1-13-6-4-9-17-18(13)11-27(19(17)28)16-8-5-7-15(10-16)14(2)21(22,23)20-25-24-12-26(20)3/h4-10,12,14H,11H2,1-3H3. The van der Waals surface area contributed by atoms with Crippen LogP contribution in [0.3, 0.4) is 0 Å². The fraction of sp³-hybridized carbons (Fsp3) is 0.286. The van der Waals surface area contributed by atoms with Crippen molar-refractivity contribution in [1.82, 2.24) is 14.8 Å². The molecule has 1 unspecified atom stereocenters. The van der Waals surface area contributed by atoms with Crippen molar-refractivity contribution in [3.63, 3.8) is 0 Å². The molecule has 0 radical (unpaired) electrons. The smallest absolute Gasteiger partial charge is 0.313 e. The highest BCUT2D eigenvalue weighted by Gasteiger charge is 2.43. The summed E-state index contributed by atoms with van der Waals surface area (Å²) in [6, 6.07) is 12.4. The first-order valence-corrected chi connectivity index (χ1v) is 9.03. The largest absolute Gasteiger partial charge is 0.316 e. The molecule has 28 heavy (non-hydrogen) atoms. The van der Waals surface area contributed by atoms with Gasteiger partial charge in [-0.15, -0.1) is 10.2 Å². The van der Waals surface area contributed by atoms with Crippen LogP contribution in [-0.4, -0.2) is 20.7 Å². The Balaban J connectivity index is 1.67. The monoisotopic (exact) mass is 382 g/mol. The summed E-state index contributed by atoms with van der Waals surface area (Å²) in [5, 5.41) is 7.15. The number of hydrogen-bond acceptors (Lipinski definition) is 3. The highest BCUT2D eigenvalue weighted by Crippen LogP contribution is 2.42. The van der Waals surface area contributed by atoms with Crippen molar-refractivity contribution in [3.8, 4) is 0 Å². The van der Waals surface area contributed by atoms with Gasteiger partial charge in [0, 0.05) is 18.3 Å². The van der Waals surface area contributed by atoms with Crippen LogP contribution in [0.15, 0.2) is 48.8 Å². The van der Waals surface area contributed by atoms with Gasteiger partial charge in [-0.1, -0.05) is 31.2 Å². The molecule has 1 aliphatic rings. The molecule has 1 atom stereocenters. The zero-order chi connectivity index (χ0) is 20.1. The number of alkyl halides is 2. The van der Waals surface area contributed by atoms with Gasteiger partial charge in [0.15, 0.2) is 0 Å². The fourth-order valence-corrected chi connectivity index (χ4v) is 3.65. The van der Waals surface area contributed by atoms with Gasteiger partial charge in [0.2, 0.25) is 5.82 Å². The van der Waals surface area contributed by atoms with Gasteiger partial charge in [-0.25, -0.2) is 0 Å². The first kappa shape index (κ1) is 18.3. The van der Waals surface area contributed by atoms with Crippen molar-refractivity contribution in [2.45, 2.75) is 32.2 Å². The van der Waals surface area contributed by atoms with E-state index in [-0.39, 0.29) is 11.7 Å². The second kappa shape index (κ2) is 6.51. The van der Waals surface area contributed by atoms with E-state index < -0.39 is 11.8 Å². The number of anilines is 1. The third-order valence-corrected chi connectivity index (χ3v) is 5.44. The molecule has 0 bridgehead atoms. The Bertz CT molecular complexity index is 1060. The molecule has 1 aliphatic heterocycles. The average molecular weight is 382 g/mol. The van der Waals surface area contributed by atoms with Crippen LogP contribution in [0.1, 0.15) is 45.7 Å². The number of rotatable bonds is 4. The Hall–Kier alpha value is -3.09. The number of benzene rings is 2. The Morgan fingerprint density at radius 1 is 1.18 bits per heavy atom. The van der Waals surface area contributed by atoms with Crippen molar-refractivity contribution < 1.29 is 13.6 Å². The van der Waals surface area contributed by atoms with Gasteiger partial charge in [0.1, 0.15) is 6.33 Å². The van der Waals surface area contributed by atoms with Crippen LogP contribution in [-0.2, 0) is 19.5 Å². The average Bonchev–Trinajstić information content (AvgIpc) is 3.26. The molecule has 0 spiro atoms. The lowest BCUT2D eigenvalue weighted by molar-refractivity contribution is -0.0401. The van der Waals surface area contributed by atoms with E-state index in [1.165, 1.54) is 24.9 Å². The minimum absolute atomic E-state index is 0.108. The minimum atomic E-state index is -3.20. The Kier molecular flexibility index (Phi) is 4.25. The summed E-state index contributed by atoms with van der Waals surface area (Å²) in [5.74, 6) is -4.82. The maximum atomic E-state index is 15.0. The van der Waals surface area contributed by atoms with E-state index in [1.54, 1.807) is 35.2 Å². The number of nitrogens with zero attached hydrogens (tertiary/aromatic N) is 4. The Morgan fingerprint density at radius 2 is 1.93 bits per heavy atom. The summed E-state index contributed by atoms with van der Waals surface area (Å²) in [6.45, 7) is 3.87. The number of hydrogen-bond donors (Lipinski definition) is 0. The number of aryl methyl sites for hydroxylation is 2. The molecule has 0 saturated heterocycles. The lowest BCUT2D eigenvalue weighted by Gasteiger charge is -2.24. The maximum Gasteiger partial charge on any atom is 0.313 e. The second-order valence-electron chi connectivity index (χ2n) is 7.20. The lowest BCUT2D eigenvalue weighted by atomic mass is 9.93. The summed E-state index contributed by atoms with van der Waals surface area (Å²) in [7, 11) is 1.49. The number of amides is 1. The van der Waals surface area contributed by atoms with Gasteiger partial charge in [0.05, 0.1) is 12.5 Å². The van der Waals surface area contributed by atoms with Gasteiger partial charge in [-0.05, 0) is 41.8 Å². The van der Waals surface area contributed by atoms with E-state index in [9.17, 15) is 13.6 Å². The summed E-state index contributed by atoms with van der Waals surface area (Å²) in [4.78, 5) is 14.4. The number of carbonyl (C=O) groups is 1. The van der Waals surface area contributed by atoms with Gasteiger partial charge in [-0.2, -0.15) is 8.78 Å². The van der Waals surface area contributed by atoms with Crippen molar-refractivity contribution in [1.29, 1.82) is 0 Å². The van der Waals surface area contributed by atoms with Crippen molar-refractivity contribution in [2.75, 3.05) is 4.90 Å². The van der Waals surface area contributed by atoms with E-state index >= 15 is 0 Å². The van der Waals surface area contributed by atoms with E-state index in [0.29, 0.717) is 23.4 Å². The molecule has 5 nitrogen and oxygen atoms in total. The zero-order valence-electron chi connectivity index (χ0n) is 15.9. The van der Waals surface area contributed by atoms with Gasteiger partial charge >= 0.3 is 5.92 Å². The van der Waals surface area contributed by atoms with Crippen LogP contribution in [0.5, 0.6) is 0 Å². The molecular formula is C21H20F2N4O. The lowest BCUT2D eigenvalue weighted by Crippen LogP contribution is -2.26. The quantitative estimate of drug-likeness (QED) is 0.680. The number of halogens is 2. The number of aromatic nitrogens is 3. The highest BCUT2D eigenvalue weighted by molar-refractivity contribution is 6.10. The number of fused-ring (bicyclic) bond motifs is 1. The summed E-state index contributed by atoms with van der Waals surface area (Å²) >= 11 is 0. The topological polar surface area (TPSA) is 51.0 Å². The molecule has 1 amide bonds. The molecule has 2 aromatic carbocycles. The minimum Gasteiger partial charge on any atom is -0.316 e. The summed E-state index contributed by atoms with van der Waals surface area (Å²) in [6.07, 6.45) is 1.26. The van der Waals surface area contributed by atoms with Gasteiger partial charge in [-0.3, -0.25) is 4.79 Å². The van der Waals surface area contributed by atoms with Gasteiger partial charge < -0.3 is 9.47 Å². The SMILES string of the molecule is Cc1cccc2c1CN(c1cccc(C(C)C(F)(F)c3nncn3C)c1)C2=O. The molecule has 0 N–H and O–H groups in total. The summed E-state index contributed by atoms with van der Waals surface area (Å²) in [5.41, 5.74) is 3.75. The van der Waals surface area contributed by atoms with Crippen LogP contribution in [0.25, 0.3) is 0 Å². The third kappa shape index (κ3) is 2.78. The van der Waals surface area contributed by atoms with Crippen LogP contribution >= 0.6 is 0 Å². The molecule has 1 aromatic heterocycles. The van der Waals surface area contributed by atoms with Crippen LogP contribution < -0.4 is 4.90 Å². The molecular weight excluding hydrogens is 362 g/mol. The predicted molar refractivity (Wildman–Crippen MR) is 101 cm³/mol. The zero-order valence-corrected chi connectivity index (χ0v) is 15.9. The Labute approximate surface area is 161 Å². The van der Waals surface area contributed by atoms with E-state index in [4.69, 9.17) is 0 Å². The first-order valence-electron chi connectivity index (χ1n) is 9.03. The second-order valence-corrected chi connectivity index (χ2v) is 7.20. The van der Waals surface area contributed by atoms with Gasteiger partial charge in [0.25, 0.3) is 5.91 Å². The highest BCUT2D eigenvalue weighted by atomic mass is 19.3. The molecule has 3 aromatic rings. The fourth-order valence-electron chi connectivity index (χ4n) is 3.65. The molecule has 4 rings (SSSR count). The van der Waals surface area contributed by atoms with E-state index in [2.05, 4.69) is 10.2 Å². The Morgan fingerprint density at radius 3 is 2.61 bits per heavy atom. The molecule has 2 heterocycles. The molecule has 144 valence electrons. The van der Waals surface area contributed by atoms with Crippen molar-refractivity contribution in [2.24, 2.45) is 7.05 Å². The molecule has 7 heteroatoms. The van der Waals surface area contributed by atoms with Crippen molar-refractivity contribution >= 4 is 11.6 Å². The normalized spacial score (nSPS) is 15.0. The maximum absolute atomic E-state index is 15.0.